The molecule has 2 heterocycles. The van der Waals surface area contributed by atoms with Crippen molar-refractivity contribution in [1.82, 2.24) is 9.78 Å². The Balaban J connectivity index is 2.28. The molecule has 0 amide bonds. The van der Waals surface area contributed by atoms with Crippen molar-refractivity contribution in [1.29, 1.82) is 0 Å². The van der Waals surface area contributed by atoms with Crippen LogP contribution in [0.1, 0.15) is 21.1 Å². The molecule has 0 saturated carbocycles. The molecule has 0 radical (unpaired) electrons. The number of nitro groups is 1. The van der Waals surface area contributed by atoms with Crippen molar-refractivity contribution in [2.75, 3.05) is 0 Å². The lowest BCUT2D eigenvalue weighted by atomic mass is 10.3. The van der Waals surface area contributed by atoms with Gasteiger partial charge in [-0.25, -0.2) is 0 Å². The number of carbonyl (C=O) groups excluding carboxylic acids is 1. The highest BCUT2D eigenvalue weighted by atomic mass is 32.1. The van der Waals surface area contributed by atoms with Crippen LogP contribution < -0.4 is 0 Å². The summed E-state index contributed by atoms with van der Waals surface area (Å²) in [5.41, 5.74) is 0.716. The third-order valence-electron chi connectivity index (χ3n) is 2.62. The summed E-state index contributed by atoms with van der Waals surface area (Å²) >= 11 is 1.35. The van der Waals surface area contributed by atoms with Gasteiger partial charge in [-0.1, -0.05) is 6.07 Å². The average molecular weight is 265 g/mol. The molecule has 6 nitrogen and oxygen atoms in total. The van der Waals surface area contributed by atoms with E-state index in [0.717, 1.165) is 0 Å². The molecule has 0 bridgehead atoms. The lowest BCUT2D eigenvalue weighted by Gasteiger charge is -2.01. The number of ketones is 1. The molecule has 0 aliphatic carbocycles. The summed E-state index contributed by atoms with van der Waals surface area (Å²) in [7, 11) is 0. The van der Waals surface area contributed by atoms with Crippen molar-refractivity contribution in [3.8, 4) is 0 Å². The summed E-state index contributed by atoms with van der Waals surface area (Å²) < 4.78 is 1.38. The fourth-order valence-corrected chi connectivity index (χ4v) is 2.41. The number of rotatable bonds is 4. The number of thiophene rings is 1. The summed E-state index contributed by atoms with van der Waals surface area (Å²) in [5, 5.41) is 16.7. The van der Waals surface area contributed by atoms with E-state index in [9.17, 15) is 14.9 Å². The molecule has 0 saturated heterocycles. The van der Waals surface area contributed by atoms with Crippen LogP contribution >= 0.6 is 11.3 Å². The maximum Gasteiger partial charge on any atom is 0.312 e. The zero-order chi connectivity index (χ0) is 13.3. The Hall–Kier alpha value is -2.02. The average Bonchev–Trinajstić information content (AvgIpc) is 2.88. The van der Waals surface area contributed by atoms with Crippen LogP contribution in [-0.2, 0) is 6.54 Å². The first-order valence-electron chi connectivity index (χ1n) is 5.26. The van der Waals surface area contributed by atoms with Crippen LogP contribution in [0.2, 0.25) is 0 Å². The van der Waals surface area contributed by atoms with E-state index >= 15 is 0 Å². The summed E-state index contributed by atoms with van der Waals surface area (Å²) in [4.78, 5) is 22.9. The monoisotopic (exact) mass is 265 g/mol. The first-order chi connectivity index (χ1) is 8.50. The highest BCUT2D eigenvalue weighted by molar-refractivity contribution is 7.12. The number of nitrogens with zero attached hydrogens (tertiary/aromatic N) is 3. The van der Waals surface area contributed by atoms with Crippen LogP contribution in [0.25, 0.3) is 0 Å². The molecule has 0 atom stereocenters. The number of aromatic nitrogens is 2. The Morgan fingerprint density at radius 3 is 2.78 bits per heavy atom. The number of carbonyl (C=O) groups is 1. The quantitative estimate of drug-likeness (QED) is 0.483. The Labute approximate surface area is 107 Å². The molecule has 2 rings (SSSR count). The first-order valence-corrected chi connectivity index (χ1v) is 6.13. The van der Waals surface area contributed by atoms with E-state index in [2.05, 4.69) is 5.10 Å². The molecule has 0 aliphatic rings. The Morgan fingerprint density at radius 1 is 1.56 bits per heavy atom. The number of hydrogen-bond acceptors (Lipinski definition) is 5. The van der Waals surface area contributed by atoms with Gasteiger partial charge in [0, 0.05) is 0 Å². The fourth-order valence-electron chi connectivity index (χ4n) is 1.76. The van der Waals surface area contributed by atoms with Crippen LogP contribution in [0.3, 0.4) is 0 Å². The molecule has 0 spiro atoms. The molecule has 94 valence electrons. The number of hydrogen-bond donors (Lipinski definition) is 0. The Kier molecular flexibility index (Phi) is 3.24. The summed E-state index contributed by atoms with van der Waals surface area (Å²) in [6.07, 6.45) is 0. The highest BCUT2D eigenvalue weighted by Gasteiger charge is 2.23. The molecule has 0 aliphatic heterocycles. The van der Waals surface area contributed by atoms with Gasteiger partial charge in [-0.2, -0.15) is 5.10 Å². The maximum absolute atomic E-state index is 11.9. The number of Topliss-reactive ketones (excluding diaryl/α,β-unsaturated/α-hetero) is 1. The molecule has 0 fully saturated rings. The predicted molar refractivity (Wildman–Crippen MR) is 67.0 cm³/mol. The van der Waals surface area contributed by atoms with Gasteiger partial charge >= 0.3 is 5.69 Å². The van der Waals surface area contributed by atoms with Crippen molar-refractivity contribution >= 4 is 22.8 Å². The van der Waals surface area contributed by atoms with Gasteiger partial charge in [0.1, 0.15) is 17.9 Å². The van der Waals surface area contributed by atoms with Crippen LogP contribution in [0.4, 0.5) is 5.69 Å². The zero-order valence-electron chi connectivity index (χ0n) is 9.91. The van der Waals surface area contributed by atoms with Crippen LogP contribution in [-0.4, -0.2) is 20.5 Å². The molecular weight excluding hydrogens is 254 g/mol. The minimum atomic E-state index is -0.468. The second kappa shape index (κ2) is 4.69. The van der Waals surface area contributed by atoms with Crippen molar-refractivity contribution in [2.24, 2.45) is 0 Å². The van der Waals surface area contributed by atoms with Crippen molar-refractivity contribution in [2.45, 2.75) is 20.4 Å². The Bertz CT molecular complexity index is 601. The SMILES string of the molecule is Cc1nn(CC(=O)c2cccs2)c(C)c1[N+](=O)[O-]. The van der Waals surface area contributed by atoms with Gasteiger partial charge in [0.15, 0.2) is 5.78 Å². The fraction of sp³-hybridized carbons (Fsp3) is 0.273. The van der Waals surface area contributed by atoms with Gasteiger partial charge in [0.2, 0.25) is 0 Å². The lowest BCUT2D eigenvalue weighted by Crippen LogP contribution is -2.12. The molecule has 2 aromatic rings. The first kappa shape index (κ1) is 12.4. The maximum atomic E-state index is 11.9. The molecule has 2 aromatic heterocycles. The van der Waals surface area contributed by atoms with E-state index in [4.69, 9.17) is 0 Å². The molecule has 0 unspecified atom stereocenters. The molecule has 0 aromatic carbocycles. The number of aryl methyl sites for hydroxylation is 1. The molecular formula is C11H11N3O3S. The minimum Gasteiger partial charge on any atom is -0.291 e. The summed E-state index contributed by atoms with van der Waals surface area (Å²) in [5.74, 6) is -0.0921. The van der Waals surface area contributed by atoms with E-state index in [-0.39, 0.29) is 18.0 Å². The van der Waals surface area contributed by atoms with Crippen molar-refractivity contribution in [3.63, 3.8) is 0 Å². The minimum absolute atomic E-state index is 0.0195. The molecule has 7 heteroatoms. The predicted octanol–water partition coefficient (Wildman–Crippen LogP) is 2.35. The third kappa shape index (κ3) is 2.17. The van der Waals surface area contributed by atoms with Gasteiger partial charge in [-0.05, 0) is 25.3 Å². The van der Waals surface area contributed by atoms with Gasteiger partial charge < -0.3 is 0 Å². The van der Waals surface area contributed by atoms with Crippen molar-refractivity contribution < 1.29 is 9.72 Å². The smallest absolute Gasteiger partial charge is 0.291 e. The van der Waals surface area contributed by atoms with Gasteiger partial charge in [0.05, 0.1) is 9.80 Å². The van der Waals surface area contributed by atoms with E-state index < -0.39 is 4.92 Å². The Morgan fingerprint density at radius 2 is 2.28 bits per heavy atom. The van der Waals surface area contributed by atoms with Crippen LogP contribution in [0, 0.1) is 24.0 Å². The molecule has 18 heavy (non-hydrogen) atoms. The zero-order valence-corrected chi connectivity index (χ0v) is 10.7. The standard InChI is InChI=1S/C11H11N3O3S/c1-7-11(14(16)17)8(2)13(12-7)6-9(15)10-4-3-5-18-10/h3-5H,6H2,1-2H3. The third-order valence-corrected chi connectivity index (χ3v) is 3.53. The van der Waals surface area contributed by atoms with E-state index in [0.29, 0.717) is 16.3 Å². The van der Waals surface area contributed by atoms with Crippen molar-refractivity contribution in [3.05, 3.63) is 43.9 Å². The van der Waals surface area contributed by atoms with Crippen LogP contribution in [0.15, 0.2) is 17.5 Å². The summed E-state index contributed by atoms with van der Waals surface area (Å²) in [6.45, 7) is 3.19. The largest absolute Gasteiger partial charge is 0.312 e. The van der Waals surface area contributed by atoms with Gasteiger partial charge in [0.25, 0.3) is 0 Å². The lowest BCUT2D eigenvalue weighted by molar-refractivity contribution is -0.386. The van der Waals surface area contributed by atoms with E-state index in [1.54, 1.807) is 26.0 Å². The van der Waals surface area contributed by atoms with E-state index in [1.165, 1.54) is 16.0 Å². The second-order valence-electron chi connectivity index (χ2n) is 3.83. The van der Waals surface area contributed by atoms with Gasteiger partial charge in [-0.15, -0.1) is 11.3 Å². The highest BCUT2D eigenvalue weighted by Crippen LogP contribution is 2.22. The second-order valence-corrected chi connectivity index (χ2v) is 4.78. The molecule has 0 N–H and O–H groups in total. The van der Waals surface area contributed by atoms with Crippen LogP contribution in [0.5, 0.6) is 0 Å². The normalized spacial score (nSPS) is 10.6. The van der Waals surface area contributed by atoms with Gasteiger partial charge in [-0.3, -0.25) is 19.6 Å². The topological polar surface area (TPSA) is 78.0 Å². The summed E-state index contributed by atoms with van der Waals surface area (Å²) in [6, 6.07) is 3.52. The van der Waals surface area contributed by atoms with E-state index in [1.807, 2.05) is 5.38 Å².